The van der Waals surface area contributed by atoms with E-state index >= 15 is 0 Å². The summed E-state index contributed by atoms with van der Waals surface area (Å²) in [6, 6.07) is 13.1. The normalized spacial score (nSPS) is 14.6. The van der Waals surface area contributed by atoms with Crippen LogP contribution in [0.1, 0.15) is 44.7 Å². The quantitative estimate of drug-likeness (QED) is 0.880. The van der Waals surface area contributed by atoms with E-state index in [1.807, 2.05) is 43.3 Å². The molecule has 1 aliphatic heterocycles. The molecule has 0 unspecified atom stereocenters. The van der Waals surface area contributed by atoms with E-state index < -0.39 is 0 Å². The van der Waals surface area contributed by atoms with E-state index in [-0.39, 0.29) is 17.7 Å². The van der Waals surface area contributed by atoms with E-state index in [4.69, 9.17) is 4.74 Å². The molecule has 0 aliphatic carbocycles. The Morgan fingerprint density at radius 3 is 2.57 bits per heavy atom. The molecule has 2 aromatic carbocycles. The van der Waals surface area contributed by atoms with Crippen LogP contribution < -0.4 is 10.1 Å². The molecule has 1 atom stereocenters. The molecule has 0 saturated heterocycles. The first-order valence-corrected chi connectivity index (χ1v) is 6.74. The van der Waals surface area contributed by atoms with Gasteiger partial charge in [0.15, 0.2) is 0 Å². The summed E-state index contributed by atoms with van der Waals surface area (Å²) in [4.78, 5) is 23.7. The summed E-state index contributed by atoms with van der Waals surface area (Å²) < 4.78 is 5.24. The Morgan fingerprint density at radius 1 is 1.05 bits per heavy atom. The number of imide groups is 1. The van der Waals surface area contributed by atoms with Crippen LogP contribution in [0.5, 0.6) is 5.75 Å². The number of methoxy groups -OCH3 is 1. The van der Waals surface area contributed by atoms with Crippen LogP contribution in [0, 0.1) is 0 Å². The fourth-order valence-electron chi connectivity index (χ4n) is 2.70. The van der Waals surface area contributed by atoms with Gasteiger partial charge in [-0.2, -0.15) is 0 Å². The van der Waals surface area contributed by atoms with Crippen LogP contribution >= 0.6 is 0 Å². The van der Waals surface area contributed by atoms with Gasteiger partial charge in [-0.25, -0.2) is 0 Å². The molecule has 2 amide bonds. The van der Waals surface area contributed by atoms with Crippen LogP contribution in [0.15, 0.2) is 42.5 Å². The third kappa shape index (κ3) is 2.18. The molecule has 106 valence electrons. The molecular weight excluding hydrogens is 266 g/mol. The number of benzene rings is 2. The van der Waals surface area contributed by atoms with Crippen LogP contribution in [0.2, 0.25) is 0 Å². The standard InChI is InChI=1S/C17H15NO3/c1-10(11-5-3-6-12(9-11)21-2)13-7-4-8-14-15(13)17(20)18-16(14)19/h3-10H,1-2H3,(H,18,19,20)/t10-/m1/s1. The van der Waals surface area contributed by atoms with Crippen molar-refractivity contribution in [1.82, 2.24) is 5.32 Å². The lowest BCUT2D eigenvalue weighted by Gasteiger charge is -2.16. The number of rotatable bonds is 3. The average molecular weight is 281 g/mol. The molecule has 0 saturated carbocycles. The average Bonchev–Trinajstić information content (AvgIpc) is 2.81. The Balaban J connectivity index is 2.09. The second-order valence-corrected chi connectivity index (χ2v) is 5.05. The van der Waals surface area contributed by atoms with Crippen molar-refractivity contribution < 1.29 is 14.3 Å². The van der Waals surface area contributed by atoms with E-state index in [0.717, 1.165) is 16.9 Å². The minimum Gasteiger partial charge on any atom is -0.497 e. The van der Waals surface area contributed by atoms with Gasteiger partial charge in [0, 0.05) is 5.92 Å². The number of hydrogen-bond acceptors (Lipinski definition) is 3. The smallest absolute Gasteiger partial charge is 0.259 e. The summed E-state index contributed by atoms with van der Waals surface area (Å²) >= 11 is 0. The van der Waals surface area contributed by atoms with E-state index in [9.17, 15) is 9.59 Å². The molecule has 4 nitrogen and oxygen atoms in total. The molecule has 0 aromatic heterocycles. The summed E-state index contributed by atoms with van der Waals surface area (Å²) in [6.07, 6.45) is 0. The van der Waals surface area contributed by atoms with Gasteiger partial charge < -0.3 is 4.74 Å². The number of hydrogen-bond donors (Lipinski definition) is 1. The summed E-state index contributed by atoms with van der Waals surface area (Å²) in [5, 5.41) is 2.35. The third-order valence-corrected chi connectivity index (χ3v) is 3.86. The summed E-state index contributed by atoms with van der Waals surface area (Å²) in [7, 11) is 1.62. The second-order valence-electron chi connectivity index (χ2n) is 5.05. The molecule has 0 radical (unpaired) electrons. The van der Waals surface area contributed by atoms with Gasteiger partial charge in [0.2, 0.25) is 0 Å². The lowest BCUT2D eigenvalue weighted by molar-refractivity contribution is 0.0879. The van der Waals surface area contributed by atoms with Crippen LogP contribution in [-0.2, 0) is 0 Å². The maximum Gasteiger partial charge on any atom is 0.259 e. The minimum atomic E-state index is -0.324. The van der Waals surface area contributed by atoms with Crippen LogP contribution in [-0.4, -0.2) is 18.9 Å². The van der Waals surface area contributed by atoms with Gasteiger partial charge >= 0.3 is 0 Å². The minimum absolute atomic E-state index is 0.00769. The first-order chi connectivity index (χ1) is 10.1. The van der Waals surface area contributed by atoms with Gasteiger partial charge in [0.1, 0.15) is 5.75 Å². The third-order valence-electron chi connectivity index (χ3n) is 3.86. The van der Waals surface area contributed by atoms with E-state index in [0.29, 0.717) is 11.1 Å². The molecule has 2 aromatic rings. The first-order valence-electron chi connectivity index (χ1n) is 6.74. The Kier molecular flexibility index (Phi) is 3.22. The zero-order chi connectivity index (χ0) is 15.0. The van der Waals surface area contributed by atoms with Gasteiger partial charge in [-0.1, -0.05) is 31.2 Å². The highest BCUT2D eigenvalue weighted by Gasteiger charge is 2.30. The number of carbonyl (C=O) groups is 2. The fourth-order valence-corrected chi connectivity index (χ4v) is 2.70. The number of nitrogens with one attached hydrogen (secondary N) is 1. The molecular formula is C17H15NO3. The van der Waals surface area contributed by atoms with Crippen molar-refractivity contribution >= 4 is 11.8 Å². The zero-order valence-electron chi connectivity index (χ0n) is 11.8. The largest absolute Gasteiger partial charge is 0.497 e. The lowest BCUT2D eigenvalue weighted by atomic mass is 9.88. The van der Waals surface area contributed by atoms with Crippen molar-refractivity contribution in [3.8, 4) is 5.75 Å². The molecule has 4 heteroatoms. The molecule has 0 spiro atoms. The number of amides is 2. The Morgan fingerprint density at radius 2 is 1.81 bits per heavy atom. The van der Waals surface area contributed by atoms with E-state index in [1.54, 1.807) is 13.2 Å². The molecule has 0 fully saturated rings. The molecule has 1 heterocycles. The van der Waals surface area contributed by atoms with Crippen LogP contribution in [0.3, 0.4) is 0 Å². The van der Waals surface area contributed by atoms with Crippen molar-refractivity contribution in [2.75, 3.05) is 7.11 Å². The maximum absolute atomic E-state index is 12.0. The molecule has 1 N–H and O–H groups in total. The van der Waals surface area contributed by atoms with Crippen LogP contribution in [0.4, 0.5) is 0 Å². The monoisotopic (exact) mass is 281 g/mol. The molecule has 3 rings (SSSR count). The summed E-state index contributed by atoms with van der Waals surface area (Å²) in [6.45, 7) is 2.01. The van der Waals surface area contributed by atoms with Gasteiger partial charge in [0.05, 0.1) is 18.2 Å². The van der Waals surface area contributed by atoms with Crippen molar-refractivity contribution in [3.63, 3.8) is 0 Å². The lowest BCUT2D eigenvalue weighted by Crippen LogP contribution is -2.20. The Hall–Kier alpha value is -2.62. The van der Waals surface area contributed by atoms with Crippen molar-refractivity contribution in [2.24, 2.45) is 0 Å². The topological polar surface area (TPSA) is 55.4 Å². The number of carbonyl (C=O) groups excluding carboxylic acids is 2. The van der Waals surface area contributed by atoms with E-state index in [1.165, 1.54) is 0 Å². The molecule has 0 bridgehead atoms. The molecule has 21 heavy (non-hydrogen) atoms. The van der Waals surface area contributed by atoms with Crippen LogP contribution in [0.25, 0.3) is 0 Å². The molecule has 1 aliphatic rings. The highest BCUT2D eigenvalue weighted by Crippen LogP contribution is 2.32. The predicted molar refractivity (Wildman–Crippen MR) is 78.7 cm³/mol. The highest BCUT2D eigenvalue weighted by atomic mass is 16.5. The van der Waals surface area contributed by atoms with Gasteiger partial charge in [-0.15, -0.1) is 0 Å². The SMILES string of the molecule is COc1cccc([C@@H](C)c2cccc3c2C(=O)NC3=O)c1. The highest BCUT2D eigenvalue weighted by molar-refractivity contribution is 6.22. The second kappa shape index (κ2) is 5.05. The fraction of sp³-hybridized carbons (Fsp3) is 0.176. The number of ether oxygens (including phenoxy) is 1. The predicted octanol–water partition coefficient (Wildman–Crippen LogP) is 2.73. The van der Waals surface area contributed by atoms with E-state index in [2.05, 4.69) is 5.32 Å². The van der Waals surface area contributed by atoms with Crippen molar-refractivity contribution in [3.05, 3.63) is 64.7 Å². The van der Waals surface area contributed by atoms with Gasteiger partial charge in [-0.05, 0) is 29.3 Å². The summed E-state index contributed by atoms with van der Waals surface area (Å²) in [5.41, 5.74) is 2.82. The summed E-state index contributed by atoms with van der Waals surface area (Å²) in [5.74, 6) is 0.120. The van der Waals surface area contributed by atoms with Crippen molar-refractivity contribution in [2.45, 2.75) is 12.8 Å². The zero-order valence-corrected chi connectivity index (χ0v) is 11.8. The van der Waals surface area contributed by atoms with Crippen molar-refractivity contribution in [1.29, 1.82) is 0 Å². The number of fused-ring (bicyclic) bond motifs is 1. The Labute approximate surface area is 122 Å². The Bertz CT molecular complexity index is 737. The van der Waals surface area contributed by atoms with Gasteiger partial charge in [-0.3, -0.25) is 14.9 Å². The first kappa shape index (κ1) is 13.4. The van der Waals surface area contributed by atoms with Gasteiger partial charge in [0.25, 0.3) is 11.8 Å². The maximum atomic E-state index is 12.0.